The summed E-state index contributed by atoms with van der Waals surface area (Å²) in [4.78, 5) is 0. The van der Waals surface area contributed by atoms with E-state index in [1.165, 1.54) is 0 Å². The van der Waals surface area contributed by atoms with Gasteiger partial charge in [-0.1, -0.05) is 0 Å². The molecular weight excluding hydrogens is 210 g/mol. The van der Waals surface area contributed by atoms with Crippen LogP contribution in [-0.2, 0) is 20.2 Å². The van der Waals surface area contributed by atoms with Crippen molar-refractivity contribution in [2.75, 3.05) is 0 Å². The molecule has 1 atom stereocenters. The average molecular weight is 211 g/mol. The fraction of sp³-hybridized carbons (Fsp3) is 0. The molecule has 0 heterocycles. The van der Waals surface area contributed by atoms with Gasteiger partial charge >= 0.3 is 80.9 Å². The minimum atomic E-state index is -4.08. The van der Waals surface area contributed by atoms with Crippen LogP contribution in [0.1, 0.15) is 0 Å². The molecule has 8 heteroatoms. The first-order valence-corrected chi connectivity index (χ1v) is 3.05. The van der Waals surface area contributed by atoms with Crippen LogP contribution >= 0.6 is 0 Å². The second-order valence-corrected chi connectivity index (χ2v) is 2.55. The molecule has 0 aromatic heterocycles. The third-order valence-electron chi connectivity index (χ3n) is 0. The van der Waals surface area contributed by atoms with E-state index < -0.39 is 9.05 Å². The molecule has 0 bridgehead atoms. The predicted octanol–water partition coefficient (Wildman–Crippen LogP) is -9.65. The van der Waals surface area contributed by atoms with Gasteiger partial charge in [0.2, 0.25) is 0 Å². The van der Waals surface area contributed by atoms with Gasteiger partial charge in [0, 0.05) is 0 Å². The molecule has 0 aliphatic heterocycles. The van der Waals surface area contributed by atoms with Crippen LogP contribution in [0.5, 0.6) is 0 Å². The summed E-state index contributed by atoms with van der Waals surface area (Å²) in [6, 6.07) is 0. The Kier molecular flexibility index (Phi) is 28.7. The quantitative estimate of drug-likeness (QED) is 0.404. The number of halogens is 1. The minimum absolute atomic E-state index is 0. The minimum Gasteiger partial charge on any atom is -1.00 e. The number of rotatable bonds is 0. The maximum atomic E-state index is 9.00. The van der Waals surface area contributed by atoms with E-state index in [-0.39, 0.29) is 93.3 Å². The van der Waals surface area contributed by atoms with E-state index in [2.05, 4.69) is 11.2 Å². The van der Waals surface area contributed by atoms with Crippen molar-refractivity contribution in [3.05, 3.63) is 0 Å². The molecular formula is HClKNaO3S2. The monoisotopic (exact) mass is 210 g/mol. The molecule has 1 N–H and O–H groups in total. The Bertz CT molecular complexity index is 100. The van der Waals surface area contributed by atoms with Crippen LogP contribution in [0.4, 0.5) is 0 Å². The van der Waals surface area contributed by atoms with Gasteiger partial charge in [-0.2, -0.15) is 0 Å². The Hall–Kier alpha value is 3.22. The van der Waals surface area contributed by atoms with Crippen LogP contribution in [0.2, 0.25) is 0 Å². The zero-order valence-electron chi connectivity index (χ0n) is 4.46. The Morgan fingerprint density at radius 3 is 1.62 bits per heavy atom. The van der Waals surface area contributed by atoms with Crippen molar-refractivity contribution in [1.82, 2.24) is 0 Å². The van der Waals surface area contributed by atoms with Crippen molar-refractivity contribution in [1.29, 1.82) is 0 Å². The zero-order valence-corrected chi connectivity index (χ0v) is 12.0. The maximum absolute atomic E-state index is 9.00. The summed E-state index contributed by atoms with van der Waals surface area (Å²) in [5, 5.41) is 0. The summed E-state index contributed by atoms with van der Waals surface area (Å²) < 4.78 is 25.3. The van der Waals surface area contributed by atoms with Gasteiger partial charge in [-0.3, -0.25) is 0 Å². The Morgan fingerprint density at radius 1 is 1.62 bits per heavy atom. The standard InChI is InChI=1S/ClH.K.Na.H2O3S2/c;;;1-5(2,3)4/h1H;;;(H2,1,2,3,4)/q;2*+1;/p-2. The van der Waals surface area contributed by atoms with E-state index in [0.717, 1.165) is 0 Å². The third-order valence-corrected chi connectivity index (χ3v) is 0. The Labute approximate surface area is 124 Å². The van der Waals surface area contributed by atoms with Gasteiger partial charge < -0.3 is 21.5 Å². The molecule has 40 valence electrons. The molecule has 0 aromatic carbocycles. The Balaban J connectivity index is -0.0000000267. The molecule has 0 aliphatic carbocycles. The van der Waals surface area contributed by atoms with Gasteiger partial charge in [-0.15, -0.1) is 0 Å². The first kappa shape index (κ1) is 22.5. The van der Waals surface area contributed by atoms with Crippen LogP contribution in [0.3, 0.4) is 0 Å². The summed E-state index contributed by atoms with van der Waals surface area (Å²) in [7, 11) is -4.08. The molecule has 0 spiro atoms. The first-order chi connectivity index (χ1) is 2.00. The fourth-order valence-corrected chi connectivity index (χ4v) is 0. The molecule has 0 saturated carbocycles. The van der Waals surface area contributed by atoms with E-state index in [0.29, 0.717) is 0 Å². The molecule has 0 fully saturated rings. The van der Waals surface area contributed by atoms with Gasteiger partial charge in [0.25, 0.3) is 0 Å². The first-order valence-electron chi connectivity index (χ1n) is 0.683. The van der Waals surface area contributed by atoms with Crippen LogP contribution < -0.4 is 93.3 Å². The average Bonchev–Trinajstić information content (AvgIpc) is 0.722. The fourth-order valence-electron chi connectivity index (χ4n) is 0. The van der Waals surface area contributed by atoms with Crippen LogP contribution in [0, 0.1) is 0 Å². The molecule has 0 rings (SSSR count). The molecule has 0 amide bonds. The van der Waals surface area contributed by atoms with Crippen molar-refractivity contribution >= 4 is 20.2 Å². The predicted molar refractivity (Wildman–Crippen MR) is 18.9 cm³/mol. The van der Waals surface area contributed by atoms with Gasteiger partial charge in [0.1, 0.15) is 0 Å². The van der Waals surface area contributed by atoms with E-state index in [1.54, 1.807) is 0 Å². The topological polar surface area (TPSA) is 60.4 Å². The summed E-state index contributed by atoms with van der Waals surface area (Å²) >= 11 is 3.35. The van der Waals surface area contributed by atoms with E-state index in [1.807, 2.05) is 0 Å². The SMILES string of the molecule is O=S([O-])(O)=S.[Cl-].[K+].[Na+]. The van der Waals surface area contributed by atoms with Gasteiger partial charge in [-0.05, 0) is 11.2 Å². The number of hydrogen-bond acceptors (Lipinski definition) is 3. The van der Waals surface area contributed by atoms with Crippen molar-refractivity contribution in [3.8, 4) is 0 Å². The Morgan fingerprint density at radius 2 is 1.62 bits per heavy atom. The van der Waals surface area contributed by atoms with Gasteiger partial charge in [0.05, 0.1) is 9.05 Å². The molecule has 1 unspecified atom stereocenters. The summed E-state index contributed by atoms with van der Waals surface area (Å²) in [6.45, 7) is 0. The second-order valence-electron chi connectivity index (χ2n) is 0.428. The second kappa shape index (κ2) is 10.2. The van der Waals surface area contributed by atoms with Crippen molar-refractivity contribution < 1.29 is 107 Å². The van der Waals surface area contributed by atoms with E-state index in [4.69, 9.17) is 13.3 Å². The summed E-state index contributed by atoms with van der Waals surface area (Å²) in [6.07, 6.45) is 0. The smallest absolute Gasteiger partial charge is 1.00 e. The normalized spacial score (nSPS) is 13.2. The van der Waals surface area contributed by atoms with Crippen molar-refractivity contribution in [3.63, 3.8) is 0 Å². The van der Waals surface area contributed by atoms with E-state index in [9.17, 15) is 0 Å². The van der Waals surface area contributed by atoms with Crippen molar-refractivity contribution in [2.24, 2.45) is 0 Å². The van der Waals surface area contributed by atoms with Crippen LogP contribution in [0.15, 0.2) is 0 Å². The summed E-state index contributed by atoms with van der Waals surface area (Å²) in [5.74, 6) is 0. The van der Waals surface area contributed by atoms with Crippen LogP contribution in [0.25, 0.3) is 0 Å². The van der Waals surface area contributed by atoms with Gasteiger partial charge in [-0.25, -0.2) is 4.21 Å². The number of hydrogen-bond donors (Lipinski definition) is 1. The van der Waals surface area contributed by atoms with Crippen molar-refractivity contribution in [2.45, 2.75) is 0 Å². The van der Waals surface area contributed by atoms with Gasteiger partial charge in [0.15, 0.2) is 0 Å². The molecule has 0 aromatic rings. The molecule has 8 heavy (non-hydrogen) atoms. The van der Waals surface area contributed by atoms with E-state index >= 15 is 0 Å². The molecule has 3 nitrogen and oxygen atoms in total. The third kappa shape index (κ3) is 60.1. The summed E-state index contributed by atoms with van der Waals surface area (Å²) in [5.41, 5.74) is 0. The maximum Gasteiger partial charge on any atom is 1.00 e. The zero-order chi connectivity index (χ0) is 4.50. The van der Waals surface area contributed by atoms with Crippen LogP contribution in [-0.4, -0.2) is 13.3 Å². The molecule has 0 radical (unpaired) electrons. The largest absolute Gasteiger partial charge is 1.00 e. The molecule has 0 aliphatic rings. The molecule has 0 saturated heterocycles.